The van der Waals surface area contributed by atoms with Crippen molar-refractivity contribution in [3.63, 3.8) is 0 Å². The molecule has 2 aliphatic rings. The van der Waals surface area contributed by atoms with E-state index in [1.54, 1.807) is 150 Å². The predicted molar refractivity (Wildman–Crippen MR) is 550 cm³/mol. The van der Waals surface area contributed by atoms with E-state index in [-0.39, 0.29) is 96.4 Å². The number of amidine groups is 1. The van der Waals surface area contributed by atoms with Crippen molar-refractivity contribution >= 4 is 52.5 Å². The lowest BCUT2D eigenvalue weighted by Gasteiger charge is -2.27. The van der Waals surface area contributed by atoms with E-state index in [4.69, 9.17) is 0 Å². The number of likely N-dealkylation sites (tertiary alicyclic amines) is 1. The molecule has 0 amide bonds. The second-order valence-corrected chi connectivity index (χ2v) is 33.3. The number of rotatable bonds is 28. The van der Waals surface area contributed by atoms with Gasteiger partial charge in [-0.25, -0.2) is 23.9 Å². The van der Waals surface area contributed by atoms with Crippen molar-refractivity contribution in [1.29, 1.82) is 0 Å². The normalized spacial score (nSPS) is 11.8. The van der Waals surface area contributed by atoms with E-state index in [0.29, 0.717) is 110 Å². The number of aliphatic imine (C=N–C) groups is 1. The highest BCUT2D eigenvalue weighted by molar-refractivity contribution is 6.36. The van der Waals surface area contributed by atoms with Crippen molar-refractivity contribution in [2.24, 2.45) is 18.0 Å². The summed E-state index contributed by atoms with van der Waals surface area (Å²) in [5, 5.41) is 64.8. The van der Waals surface area contributed by atoms with Gasteiger partial charge in [0.2, 0.25) is 5.78 Å². The van der Waals surface area contributed by atoms with Gasteiger partial charge in [0.1, 0.15) is 80.4 Å². The molecule has 150 heavy (non-hydrogen) atoms. The average molecular weight is 2000 g/mol. The molecule has 40 heteroatoms. The Kier molecular flexibility index (Phi) is 37.7. The zero-order valence-electron chi connectivity index (χ0n) is 81.5. The lowest BCUT2D eigenvalue weighted by atomic mass is 9.90. The van der Waals surface area contributed by atoms with Crippen molar-refractivity contribution in [3.05, 3.63) is 422 Å². The molecule has 0 radical (unpaired) electrons. The number of imidazole rings is 1. The van der Waals surface area contributed by atoms with Gasteiger partial charge in [0, 0.05) is 99.6 Å². The van der Waals surface area contributed by atoms with Gasteiger partial charge in [-0.05, 0) is 246 Å². The smallest absolute Gasteiger partial charge is 0.340 e. The van der Waals surface area contributed by atoms with Crippen LogP contribution in [0.5, 0.6) is 0 Å². The number of hydrogen-bond donors (Lipinski definition) is 0. The molecule has 0 aliphatic carbocycles. The third-order valence-electron chi connectivity index (χ3n) is 22.2. The number of Topliss-reactive ketones (excluding diaryl/α,β-unsaturated/α-hetero) is 7. The standard InChI is InChI=1S/C17H14N4O.C17H20N4O.C16H11FN4O.C15H13N5O.C15H14N5O.2C15H11N5O/c1-12-5-7-16(19-11-12)17(22)10-13-6-8-15(21-20-13)14-4-2-3-9-18-14;1-21-10-7-13(8-11-21)17(22)12-14-5-6-16(20-19-14)15-4-2-3-9-18-15;17-11-6-8-19-15(9-11)16(22)10-12-4-5-14(21-20-12)13-3-1-2-7-18-13;1-20-9-14(17-10-20)15(21)8-11-5-6-13(19-18-11)12-4-2-3-7-16-12;1-20-9-8-17-15(20)14(21)10-11-5-6-13(19-18-11)12-4-2-3-7-16-12;21-14(15-17-8-3-9-18-15)10-11-5-6-13(20-19-11)12-4-1-2-7-16-12;21-15(14-5-3-9-17-19-14)10-11-6-7-13(20-18-11)12-4-1-2-8-16-12/h2-9,11H,10H2,1H3;2-6,9,13H,7-8,10-12H2,1H3;1-9H,10H2;2-7,9-10H,8H2,1H3;2-7,9H,8,10H2,1H3;2*1-9H,10H2/q;;;;+1;;. The number of aromatic nitrogens is 29. The highest BCUT2D eigenvalue weighted by atomic mass is 19.1. The van der Waals surface area contributed by atoms with E-state index >= 15 is 0 Å². The summed E-state index contributed by atoms with van der Waals surface area (Å²) in [5.41, 5.74) is 16.6. The van der Waals surface area contributed by atoms with Gasteiger partial charge in [-0.15, -0.1) is 40.8 Å². The molecule has 2 aliphatic heterocycles. The average Bonchev–Trinajstić information content (AvgIpc) is 1.47. The summed E-state index contributed by atoms with van der Waals surface area (Å²) in [6.45, 7) is 4.49. The minimum atomic E-state index is -0.491. The summed E-state index contributed by atoms with van der Waals surface area (Å²) in [4.78, 5) is 140. The van der Waals surface area contributed by atoms with Gasteiger partial charge in [0.15, 0.2) is 35.5 Å². The molecule has 0 aromatic carbocycles. The van der Waals surface area contributed by atoms with Crippen LogP contribution in [-0.2, 0) is 61.6 Å². The molecule has 0 atom stereocenters. The van der Waals surface area contributed by atoms with Crippen LogP contribution in [0, 0.1) is 18.7 Å². The number of ketones is 7. The Labute approximate surface area is 858 Å². The second kappa shape index (κ2) is 54.1. The largest absolute Gasteiger partial charge is 0.361 e. The zero-order valence-corrected chi connectivity index (χ0v) is 81.5. The van der Waals surface area contributed by atoms with Crippen molar-refractivity contribution in [2.75, 3.05) is 33.7 Å². The fraction of sp³-hybridized carbons (Fsp3) is 0.155. The van der Waals surface area contributed by atoms with E-state index in [2.05, 4.69) is 158 Å². The Balaban J connectivity index is 0.000000131. The summed E-state index contributed by atoms with van der Waals surface area (Å²) in [7, 11) is 5.74. The third-order valence-corrected chi connectivity index (χ3v) is 22.2. The molecule has 21 rings (SSSR count). The van der Waals surface area contributed by atoms with E-state index < -0.39 is 5.82 Å². The van der Waals surface area contributed by atoms with Crippen LogP contribution in [-0.4, -0.2) is 242 Å². The molecule has 0 unspecified atom stereocenters. The van der Waals surface area contributed by atoms with E-state index in [0.717, 1.165) is 83.1 Å². The number of pyridine rings is 9. The molecule has 1 fully saturated rings. The molecule has 1 saturated heterocycles. The van der Waals surface area contributed by atoms with Crippen LogP contribution in [0.4, 0.5) is 4.39 Å². The molecule has 0 saturated carbocycles. The molecule has 0 N–H and O–H groups in total. The first kappa shape index (κ1) is 105. The number of piperidine rings is 1. The molecule has 0 spiro atoms. The van der Waals surface area contributed by atoms with E-state index in [9.17, 15) is 38.0 Å². The Morgan fingerprint density at radius 3 is 0.973 bits per heavy atom. The van der Waals surface area contributed by atoms with Gasteiger partial charge in [0.05, 0.1) is 138 Å². The SMILES string of the molecule is CN1CCC(C(=O)Cc2ccc(-c3ccccn3)nn2)CC1.C[N+]1=CCN=C1C(=O)Cc1ccc(-c2ccccn2)nn1.Cc1ccc(C(=O)Cc2ccc(-c3ccccn3)nn2)nc1.Cn1cnc(C(=O)Cc2ccc(-c3ccccn3)nn2)c1.O=C(Cc1ccc(-c2ccccn2)nn1)c1cc(F)ccn1.O=C(Cc1ccc(-c2ccccn2)nn1)c1cccnn1.O=C(Cc1ccc(-c2ccccn2)nn1)c1ncccn1. The summed E-state index contributed by atoms with van der Waals surface area (Å²) >= 11 is 0. The number of carbonyl (C=O) groups is 7. The van der Waals surface area contributed by atoms with Crippen LogP contribution in [0.1, 0.15) is 111 Å². The summed E-state index contributed by atoms with van der Waals surface area (Å²) in [6, 6.07) is 75.2. The lowest BCUT2D eigenvalue weighted by molar-refractivity contribution is -0.360. The quantitative estimate of drug-likeness (QED) is 0.0324. The first-order chi connectivity index (χ1) is 73.3. The number of nitrogens with zero attached hydrogens (tertiary/aromatic N) is 32. The van der Waals surface area contributed by atoms with Crippen molar-refractivity contribution in [1.82, 2.24) is 151 Å². The molecule has 0 bridgehead atoms. The van der Waals surface area contributed by atoms with E-state index in [1.165, 1.54) is 30.9 Å². The molecule has 39 nitrogen and oxygen atoms in total. The van der Waals surface area contributed by atoms with Crippen LogP contribution >= 0.6 is 0 Å². The highest BCUT2D eigenvalue weighted by Gasteiger charge is 2.28. The van der Waals surface area contributed by atoms with Crippen LogP contribution in [0.2, 0.25) is 0 Å². The van der Waals surface area contributed by atoms with Crippen molar-refractivity contribution < 1.29 is 42.5 Å². The number of aryl methyl sites for hydroxylation is 2. The predicted octanol–water partition coefficient (Wildman–Crippen LogP) is 13.1. The Bertz CT molecular complexity index is 7550. The fourth-order valence-electron chi connectivity index (χ4n) is 14.3. The topological polar surface area (TPSA) is 504 Å². The molecular weight excluding hydrogens is 1900 g/mol. The molecule has 21 heterocycles. The van der Waals surface area contributed by atoms with Gasteiger partial charge in [-0.1, -0.05) is 53.5 Å². The molecule has 19 aromatic heterocycles. The van der Waals surface area contributed by atoms with Crippen molar-refractivity contribution in [3.8, 4) is 79.7 Å². The fourth-order valence-corrected chi connectivity index (χ4v) is 14.3. The number of hydrogen-bond acceptors (Lipinski definition) is 37. The summed E-state index contributed by atoms with van der Waals surface area (Å²) < 4.78 is 16.6. The van der Waals surface area contributed by atoms with Gasteiger partial charge in [-0.2, -0.15) is 40.8 Å². The highest BCUT2D eigenvalue weighted by Crippen LogP contribution is 2.24. The van der Waals surface area contributed by atoms with Crippen LogP contribution in [0.3, 0.4) is 0 Å². The van der Waals surface area contributed by atoms with Crippen LogP contribution in [0.25, 0.3) is 79.7 Å². The third kappa shape index (κ3) is 31.8. The molecule has 742 valence electrons. The van der Waals surface area contributed by atoms with Gasteiger partial charge in [0.25, 0.3) is 5.78 Å². The minimum absolute atomic E-state index is 0.0198. The first-order valence-corrected chi connectivity index (χ1v) is 47.0. The number of carbonyl (C=O) groups excluding carboxylic acids is 7. The second-order valence-electron chi connectivity index (χ2n) is 33.3. The maximum Gasteiger partial charge on any atom is 0.361 e. The van der Waals surface area contributed by atoms with E-state index in [1.807, 2.05) is 191 Å². The monoisotopic (exact) mass is 1990 g/mol. The maximum atomic E-state index is 13.1. The summed E-state index contributed by atoms with van der Waals surface area (Å²) in [5.74, 6) is -0.186. The molecule has 19 aromatic rings. The molecular formula is C110H94FN32O7+. The minimum Gasteiger partial charge on any atom is -0.340 e. The maximum absolute atomic E-state index is 13.1. The van der Waals surface area contributed by atoms with Gasteiger partial charge >= 0.3 is 5.84 Å². The number of likely N-dealkylation sites (N-methyl/N-ethyl adjacent to an activating group) is 1. The number of halogens is 1. The van der Waals surface area contributed by atoms with Crippen molar-refractivity contribution in [2.45, 2.75) is 64.7 Å². The van der Waals surface area contributed by atoms with Gasteiger partial charge in [-0.3, -0.25) is 78.4 Å². The zero-order chi connectivity index (χ0) is 104. The lowest BCUT2D eigenvalue weighted by Crippen LogP contribution is -2.34. The Hall–Kier alpha value is -19.8. The van der Waals surface area contributed by atoms with Crippen LogP contribution in [0.15, 0.2) is 347 Å². The Morgan fingerprint density at radius 2 is 0.660 bits per heavy atom. The van der Waals surface area contributed by atoms with Gasteiger partial charge < -0.3 is 9.47 Å². The first-order valence-electron chi connectivity index (χ1n) is 47.0. The summed E-state index contributed by atoms with van der Waals surface area (Å²) in [6.07, 6.45) is 27.8. The Morgan fingerprint density at radius 1 is 0.307 bits per heavy atom. The van der Waals surface area contributed by atoms with Crippen LogP contribution < -0.4 is 0 Å².